The molecule has 1 aromatic rings. The van der Waals surface area contributed by atoms with Crippen molar-refractivity contribution in [2.45, 2.75) is 36.5 Å². The Morgan fingerprint density at radius 2 is 1.83 bits per heavy atom. The van der Waals surface area contributed by atoms with Gasteiger partial charge in [0.1, 0.15) is 5.75 Å². The minimum Gasteiger partial charge on any atom is -0.494 e. The van der Waals surface area contributed by atoms with Crippen LogP contribution >= 0.6 is 0 Å². The summed E-state index contributed by atoms with van der Waals surface area (Å²) in [7, 11) is -7.07. The van der Waals surface area contributed by atoms with Crippen molar-refractivity contribution in [2.75, 3.05) is 24.7 Å². The highest BCUT2D eigenvalue weighted by Crippen LogP contribution is 2.27. The van der Waals surface area contributed by atoms with Crippen molar-refractivity contribution >= 4 is 19.7 Å². The molecule has 2 rings (SSSR count). The molecule has 0 amide bonds. The summed E-state index contributed by atoms with van der Waals surface area (Å²) in [6.07, 6.45) is 0.812. The molecule has 1 saturated heterocycles. The van der Waals surface area contributed by atoms with Gasteiger partial charge in [-0.2, -0.15) is 0 Å². The second-order valence-electron chi connectivity index (χ2n) is 5.63. The fourth-order valence-corrected chi connectivity index (χ4v) is 7.42. The molecule has 2 atom stereocenters. The Labute approximate surface area is 138 Å². The minimum atomic E-state index is -3.72. The maximum atomic E-state index is 12.8. The van der Waals surface area contributed by atoms with E-state index in [0.29, 0.717) is 18.9 Å². The van der Waals surface area contributed by atoms with Crippen LogP contribution in [0.3, 0.4) is 0 Å². The lowest BCUT2D eigenvalue weighted by Gasteiger charge is -2.19. The fraction of sp³-hybridized carbons (Fsp3) is 0.600. The number of ether oxygens (including phenoxy) is 1. The lowest BCUT2D eigenvalue weighted by atomic mass is 10.2. The third-order valence-corrected chi connectivity index (χ3v) is 7.99. The third kappa shape index (κ3) is 4.24. The van der Waals surface area contributed by atoms with Crippen LogP contribution in [-0.2, 0) is 19.7 Å². The van der Waals surface area contributed by atoms with E-state index in [1.165, 1.54) is 12.1 Å². The second kappa shape index (κ2) is 7.19. The molecule has 6 nitrogen and oxygen atoms in total. The van der Waals surface area contributed by atoms with Crippen LogP contribution in [0.15, 0.2) is 29.2 Å². The molecule has 0 aromatic heterocycles. The summed E-state index contributed by atoms with van der Waals surface area (Å²) in [5.74, 6) is 0.129. The number of nitrogens with one attached hydrogen (secondary N) is 1. The van der Waals surface area contributed by atoms with E-state index in [2.05, 4.69) is 5.32 Å². The van der Waals surface area contributed by atoms with E-state index in [4.69, 9.17) is 4.74 Å². The summed E-state index contributed by atoms with van der Waals surface area (Å²) >= 11 is 0. The quantitative estimate of drug-likeness (QED) is 0.780. The zero-order valence-electron chi connectivity index (χ0n) is 13.4. The molecular formula is C15H23NO5S2. The summed E-state index contributed by atoms with van der Waals surface area (Å²) in [5.41, 5.74) is 0. The first kappa shape index (κ1) is 18.2. The highest BCUT2D eigenvalue weighted by atomic mass is 32.2. The van der Waals surface area contributed by atoms with Crippen molar-refractivity contribution in [1.82, 2.24) is 5.32 Å². The summed E-state index contributed by atoms with van der Waals surface area (Å²) in [4.78, 5) is 0.131. The van der Waals surface area contributed by atoms with Crippen molar-refractivity contribution in [3.05, 3.63) is 24.3 Å². The van der Waals surface area contributed by atoms with Crippen LogP contribution in [0.2, 0.25) is 0 Å². The molecule has 0 bridgehead atoms. The average molecular weight is 361 g/mol. The zero-order chi connectivity index (χ0) is 17.1. The molecule has 1 aromatic carbocycles. The van der Waals surface area contributed by atoms with Crippen LogP contribution in [-0.4, -0.2) is 52.8 Å². The average Bonchev–Trinajstić information content (AvgIpc) is 2.82. The van der Waals surface area contributed by atoms with Crippen molar-refractivity contribution in [2.24, 2.45) is 0 Å². The molecule has 0 saturated carbocycles. The SMILES string of the molecule is CCCNC1CS(=O)(=O)CC1S(=O)(=O)c1ccc(OCC)cc1. The third-order valence-electron chi connectivity index (χ3n) is 3.82. The van der Waals surface area contributed by atoms with Crippen molar-refractivity contribution < 1.29 is 21.6 Å². The van der Waals surface area contributed by atoms with Gasteiger partial charge in [0.05, 0.1) is 28.3 Å². The van der Waals surface area contributed by atoms with Gasteiger partial charge in [-0.1, -0.05) is 6.92 Å². The Bertz CT molecular complexity index is 726. The predicted molar refractivity (Wildman–Crippen MR) is 89.3 cm³/mol. The second-order valence-corrected chi connectivity index (χ2v) is 9.95. The van der Waals surface area contributed by atoms with E-state index in [-0.39, 0.29) is 16.4 Å². The van der Waals surface area contributed by atoms with Crippen LogP contribution in [0.4, 0.5) is 0 Å². The number of sulfone groups is 2. The Morgan fingerprint density at radius 3 is 2.39 bits per heavy atom. The molecule has 1 fully saturated rings. The maximum Gasteiger partial charge on any atom is 0.183 e. The number of hydrogen-bond acceptors (Lipinski definition) is 6. The molecule has 1 aliphatic rings. The van der Waals surface area contributed by atoms with E-state index >= 15 is 0 Å². The standard InChI is InChI=1S/C15H23NO5S2/c1-3-9-16-14-10-22(17,18)11-15(14)23(19,20)13-7-5-12(6-8-13)21-4-2/h5-8,14-16H,3-4,9-11H2,1-2H3. The van der Waals surface area contributed by atoms with Gasteiger partial charge in [0, 0.05) is 6.04 Å². The number of hydrogen-bond donors (Lipinski definition) is 1. The van der Waals surface area contributed by atoms with Gasteiger partial charge in [-0.05, 0) is 44.2 Å². The van der Waals surface area contributed by atoms with Crippen LogP contribution in [0.5, 0.6) is 5.75 Å². The monoisotopic (exact) mass is 361 g/mol. The van der Waals surface area contributed by atoms with Crippen LogP contribution in [0.25, 0.3) is 0 Å². The fourth-order valence-electron chi connectivity index (χ4n) is 2.71. The van der Waals surface area contributed by atoms with Crippen LogP contribution < -0.4 is 10.1 Å². The summed E-state index contributed by atoms with van der Waals surface area (Å²) < 4.78 is 54.8. The molecule has 0 aliphatic carbocycles. The Morgan fingerprint density at radius 1 is 1.17 bits per heavy atom. The first-order chi connectivity index (χ1) is 10.8. The highest BCUT2D eigenvalue weighted by molar-refractivity contribution is 7.96. The van der Waals surface area contributed by atoms with Crippen molar-refractivity contribution in [1.29, 1.82) is 0 Å². The van der Waals surface area contributed by atoms with Gasteiger partial charge >= 0.3 is 0 Å². The number of benzene rings is 1. The molecule has 0 spiro atoms. The molecule has 2 unspecified atom stereocenters. The molecule has 130 valence electrons. The minimum absolute atomic E-state index is 0.131. The molecule has 1 aliphatic heterocycles. The zero-order valence-corrected chi connectivity index (χ0v) is 15.0. The first-order valence-corrected chi connectivity index (χ1v) is 11.1. The lowest BCUT2D eigenvalue weighted by Crippen LogP contribution is -2.43. The van der Waals surface area contributed by atoms with Gasteiger partial charge in [0.25, 0.3) is 0 Å². The summed E-state index contributed by atoms with van der Waals surface area (Å²) in [5, 5.41) is 2.11. The van der Waals surface area contributed by atoms with Gasteiger partial charge < -0.3 is 10.1 Å². The smallest absolute Gasteiger partial charge is 0.183 e. The topological polar surface area (TPSA) is 89.5 Å². The van der Waals surface area contributed by atoms with Crippen molar-refractivity contribution in [3.8, 4) is 5.75 Å². The summed E-state index contributed by atoms with van der Waals surface area (Å²) in [6.45, 7) is 4.88. The van der Waals surface area contributed by atoms with Gasteiger partial charge in [-0.15, -0.1) is 0 Å². The summed E-state index contributed by atoms with van der Waals surface area (Å²) in [6, 6.07) is 5.57. The molecular weight excluding hydrogens is 338 g/mol. The van der Waals surface area contributed by atoms with Gasteiger partial charge in [0.2, 0.25) is 0 Å². The highest BCUT2D eigenvalue weighted by Gasteiger charge is 2.45. The van der Waals surface area contributed by atoms with E-state index in [1.807, 2.05) is 13.8 Å². The van der Waals surface area contributed by atoms with Gasteiger partial charge in [0.15, 0.2) is 19.7 Å². The Balaban J connectivity index is 2.28. The van der Waals surface area contributed by atoms with Crippen molar-refractivity contribution in [3.63, 3.8) is 0 Å². The number of rotatable bonds is 7. The van der Waals surface area contributed by atoms with Gasteiger partial charge in [-0.25, -0.2) is 16.8 Å². The molecule has 1 N–H and O–H groups in total. The van der Waals surface area contributed by atoms with E-state index < -0.39 is 31.0 Å². The van der Waals surface area contributed by atoms with E-state index in [0.717, 1.165) is 6.42 Å². The largest absolute Gasteiger partial charge is 0.494 e. The molecule has 1 heterocycles. The van der Waals surface area contributed by atoms with Crippen LogP contribution in [0.1, 0.15) is 20.3 Å². The molecule has 8 heteroatoms. The maximum absolute atomic E-state index is 12.8. The van der Waals surface area contributed by atoms with E-state index in [1.54, 1.807) is 12.1 Å². The van der Waals surface area contributed by atoms with Crippen LogP contribution in [0, 0.1) is 0 Å². The van der Waals surface area contributed by atoms with Gasteiger partial charge in [-0.3, -0.25) is 0 Å². The lowest BCUT2D eigenvalue weighted by molar-refractivity contribution is 0.340. The first-order valence-electron chi connectivity index (χ1n) is 7.70. The van der Waals surface area contributed by atoms with E-state index in [9.17, 15) is 16.8 Å². The normalized spacial score (nSPS) is 23.7. The predicted octanol–water partition coefficient (Wildman–Crippen LogP) is 1.02. The molecule has 0 radical (unpaired) electrons. The Kier molecular flexibility index (Phi) is 5.70. The molecule has 23 heavy (non-hydrogen) atoms. The Hall–Kier alpha value is -1.12.